The molecule has 142 valence electrons. The zero-order valence-electron chi connectivity index (χ0n) is 15.8. The Labute approximate surface area is 165 Å². The fourth-order valence-corrected chi connectivity index (χ4v) is 3.74. The van der Waals surface area contributed by atoms with Gasteiger partial charge in [0.1, 0.15) is 5.58 Å². The van der Waals surface area contributed by atoms with Crippen molar-refractivity contribution in [3.63, 3.8) is 0 Å². The quantitative estimate of drug-likeness (QED) is 0.343. The first-order chi connectivity index (χ1) is 14.0. The highest BCUT2D eigenvalue weighted by Gasteiger charge is 2.21. The molecule has 0 radical (unpaired) electrons. The molecule has 5 rings (SSSR count). The lowest BCUT2D eigenvalue weighted by atomic mass is 9.94. The minimum atomic E-state index is -0.895. The fraction of sp³-hybridized carbons (Fsp3) is 0.0833. The molecule has 0 unspecified atom stereocenters. The van der Waals surface area contributed by atoms with Gasteiger partial charge in [0.15, 0.2) is 11.6 Å². The summed E-state index contributed by atoms with van der Waals surface area (Å²) in [5.74, 6) is -1.79. The molecule has 0 bridgehead atoms. The van der Waals surface area contributed by atoms with Gasteiger partial charge in [-0.05, 0) is 43.7 Å². The summed E-state index contributed by atoms with van der Waals surface area (Å²) in [4.78, 5) is 9.01. The zero-order valence-corrected chi connectivity index (χ0v) is 15.8. The molecule has 0 N–H and O–H groups in total. The molecular formula is C24H16F2N2O. The minimum Gasteiger partial charge on any atom is -0.437 e. The van der Waals surface area contributed by atoms with Crippen molar-refractivity contribution < 1.29 is 13.2 Å². The number of aromatic nitrogens is 2. The normalized spacial score (nSPS) is 11.4. The van der Waals surface area contributed by atoms with Gasteiger partial charge in [-0.2, -0.15) is 0 Å². The predicted octanol–water partition coefficient (Wildman–Crippen LogP) is 6.61. The number of rotatable bonds is 2. The molecule has 0 saturated carbocycles. The van der Waals surface area contributed by atoms with E-state index in [0.717, 1.165) is 33.7 Å². The van der Waals surface area contributed by atoms with Crippen molar-refractivity contribution in [1.29, 1.82) is 0 Å². The summed E-state index contributed by atoms with van der Waals surface area (Å²) in [6.45, 7) is 3.85. The number of halogens is 2. The second-order valence-corrected chi connectivity index (χ2v) is 7.04. The van der Waals surface area contributed by atoms with E-state index in [1.807, 2.05) is 38.1 Å². The topological polar surface area (TPSA) is 38.9 Å². The van der Waals surface area contributed by atoms with Crippen molar-refractivity contribution in [2.45, 2.75) is 13.8 Å². The number of hydrogen-bond donors (Lipinski definition) is 0. The van der Waals surface area contributed by atoms with Crippen LogP contribution in [0.4, 0.5) is 8.78 Å². The summed E-state index contributed by atoms with van der Waals surface area (Å²) in [5, 5.41) is 1.81. The number of furan rings is 1. The second-order valence-electron chi connectivity index (χ2n) is 7.04. The van der Waals surface area contributed by atoms with Crippen molar-refractivity contribution in [2.24, 2.45) is 0 Å². The highest BCUT2D eigenvalue weighted by Crippen LogP contribution is 2.40. The lowest BCUT2D eigenvalue weighted by Gasteiger charge is -2.12. The predicted molar refractivity (Wildman–Crippen MR) is 110 cm³/mol. The van der Waals surface area contributed by atoms with Crippen molar-refractivity contribution in [2.75, 3.05) is 0 Å². The SMILES string of the molecule is Cc1ccc2c(n1)oc1c(-c3ncccc3-c3cccc(F)c3F)c(C)ccc12. The van der Waals surface area contributed by atoms with Crippen molar-refractivity contribution in [3.8, 4) is 22.4 Å². The highest BCUT2D eigenvalue weighted by molar-refractivity contribution is 6.10. The number of hydrogen-bond acceptors (Lipinski definition) is 3. The van der Waals surface area contributed by atoms with Crippen LogP contribution in [0.5, 0.6) is 0 Å². The molecule has 29 heavy (non-hydrogen) atoms. The van der Waals surface area contributed by atoms with Crippen LogP contribution in [0.2, 0.25) is 0 Å². The first-order valence-corrected chi connectivity index (χ1v) is 9.24. The van der Waals surface area contributed by atoms with E-state index in [2.05, 4.69) is 9.97 Å². The van der Waals surface area contributed by atoms with Gasteiger partial charge in [0, 0.05) is 39.4 Å². The van der Waals surface area contributed by atoms with E-state index in [1.165, 1.54) is 6.07 Å². The number of fused-ring (bicyclic) bond motifs is 3. The van der Waals surface area contributed by atoms with Crippen molar-refractivity contribution in [3.05, 3.63) is 83.7 Å². The molecule has 5 heteroatoms. The number of aryl methyl sites for hydroxylation is 2. The minimum absolute atomic E-state index is 0.162. The molecule has 0 aliphatic carbocycles. The molecular weight excluding hydrogens is 370 g/mol. The number of pyridine rings is 2. The summed E-state index contributed by atoms with van der Waals surface area (Å²) >= 11 is 0. The van der Waals surface area contributed by atoms with Gasteiger partial charge in [-0.25, -0.2) is 13.8 Å². The molecule has 0 fully saturated rings. The zero-order chi connectivity index (χ0) is 20.1. The summed E-state index contributed by atoms with van der Waals surface area (Å²) in [6, 6.07) is 15.5. The molecule has 0 amide bonds. The first kappa shape index (κ1) is 17.5. The molecule has 0 spiro atoms. The Morgan fingerprint density at radius 3 is 2.48 bits per heavy atom. The Bertz CT molecular complexity index is 1410. The van der Waals surface area contributed by atoms with E-state index in [-0.39, 0.29) is 5.56 Å². The largest absolute Gasteiger partial charge is 0.437 e. The maximum absolute atomic E-state index is 14.6. The van der Waals surface area contributed by atoms with Crippen LogP contribution in [0.15, 0.2) is 65.2 Å². The summed E-state index contributed by atoms with van der Waals surface area (Å²) < 4.78 is 34.6. The maximum Gasteiger partial charge on any atom is 0.227 e. The van der Waals surface area contributed by atoms with Crippen LogP contribution in [0.3, 0.4) is 0 Å². The van der Waals surface area contributed by atoms with E-state index in [9.17, 15) is 8.78 Å². The second kappa shape index (κ2) is 6.48. The fourth-order valence-electron chi connectivity index (χ4n) is 3.74. The molecule has 3 aromatic heterocycles. The Morgan fingerprint density at radius 1 is 0.828 bits per heavy atom. The van der Waals surface area contributed by atoms with Gasteiger partial charge in [-0.1, -0.05) is 30.3 Å². The average molecular weight is 386 g/mol. The number of nitrogens with zero attached hydrogens (tertiary/aromatic N) is 2. The lowest BCUT2D eigenvalue weighted by molar-refractivity contribution is 0.511. The summed E-state index contributed by atoms with van der Waals surface area (Å²) in [7, 11) is 0. The van der Waals surface area contributed by atoms with Gasteiger partial charge < -0.3 is 4.42 Å². The van der Waals surface area contributed by atoms with Crippen LogP contribution in [0.1, 0.15) is 11.3 Å². The van der Waals surface area contributed by atoms with E-state index in [4.69, 9.17) is 4.42 Å². The molecule has 0 aliphatic heterocycles. The molecule has 2 aromatic carbocycles. The van der Waals surface area contributed by atoms with E-state index < -0.39 is 11.6 Å². The van der Waals surface area contributed by atoms with Crippen LogP contribution < -0.4 is 0 Å². The summed E-state index contributed by atoms with van der Waals surface area (Å²) in [6.07, 6.45) is 1.64. The smallest absolute Gasteiger partial charge is 0.227 e. The van der Waals surface area contributed by atoms with E-state index in [1.54, 1.807) is 24.4 Å². The van der Waals surface area contributed by atoms with Gasteiger partial charge in [-0.15, -0.1) is 0 Å². The van der Waals surface area contributed by atoms with Crippen LogP contribution in [0, 0.1) is 25.5 Å². The molecule has 3 heterocycles. The number of benzene rings is 2. The van der Waals surface area contributed by atoms with Gasteiger partial charge in [0.2, 0.25) is 5.71 Å². The summed E-state index contributed by atoms with van der Waals surface area (Å²) in [5.41, 5.74) is 4.91. The molecule has 5 aromatic rings. The third-order valence-corrected chi connectivity index (χ3v) is 5.14. The van der Waals surface area contributed by atoms with Crippen molar-refractivity contribution >= 4 is 22.1 Å². The molecule has 3 nitrogen and oxygen atoms in total. The van der Waals surface area contributed by atoms with Crippen LogP contribution in [0.25, 0.3) is 44.5 Å². The highest BCUT2D eigenvalue weighted by atomic mass is 19.2. The molecule has 0 saturated heterocycles. The van der Waals surface area contributed by atoms with Crippen LogP contribution in [-0.2, 0) is 0 Å². The Hall–Kier alpha value is -3.60. The third kappa shape index (κ3) is 2.70. The Morgan fingerprint density at radius 2 is 1.62 bits per heavy atom. The van der Waals surface area contributed by atoms with Gasteiger partial charge in [-0.3, -0.25) is 4.98 Å². The van der Waals surface area contributed by atoms with Crippen LogP contribution >= 0.6 is 0 Å². The Kier molecular flexibility index (Phi) is 3.91. The molecule has 0 aliphatic rings. The molecule has 0 atom stereocenters. The third-order valence-electron chi connectivity index (χ3n) is 5.14. The van der Waals surface area contributed by atoms with Crippen LogP contribution in [-0.4, -0.2) is 9.97 Å². The van der Waals surface area contributed by atoms with Gasteiger partial charge in [0.25, 0.3) is 0 Å². The lowest BCUT2D eigenvalue weighted by Crippen LogP contribution is -1.95. The van der Waals surface area contributed by atoms with Gasteiger partial charge >= 0.3 is 0 Å². The first-order valence-electron chi connectivity index (χ1n) is 9.24. The monoisotopic (exact) mass is 386 g/mol. The van der Waals surface area contributed by atoms with E-state index >= 15 is 0 Å². The van der Waals surface area contributed by atoms with Gasteiger partial charge in [0.05, 0.1) is 5.69 Å². The Balaban J connectivity index is 1.87. The van der Waals surface area contributed by atoms with E-state index in [0.29, 0.717) is 22.6 Å². The standard InChI is InChI=1S/C24H16F2N2O/c1-13-8-10-17-18-11-9-14(2)28-24(18)29-23(17)20(13)22-16(6-4-12-27-22)15-5-3-7-19(25)21(15)26/h3-12H,1-2H3. The average Bonchev–Trinajstić information content (AvgIpc) is 3.07. The maximum atomic E-state index is 14.6. The van der Waals surface area contributed by atoms with Crippen molar-refractivity contribution in [1.82, 2.24) is 9.97 Å².